The number of carbonyl (C=O) groups excluding carboxylic acids is 3. The normalized spacial score (nSPS) is 14.3. The number of rotatable bonds is 13. The van der Waals surface area contributed by atoms with Crippen LogP contribution in [0.5, 0.6) is 0 Å². The van der Waals surface area contributed by atoms with Gasteiger partial charge in [-0.1, -0.05) is 103 Å². The molecule has 7 rings (SSSR count). The largest absolute Gasteiger partial charge is 0.463 e. The predicted molar refractivity (Wildman–Crippen MR) is 221 cm³/mol. The van der Waals surface area contributed by atoms with E-state index in [0.29, 0.717) is 78.8 Å². The van der Waals surface area contributed by atoms with E-state index in [-0.39, 0.29) is 18.4 Å². The molecule has 0 atom stereocenters. The minimum Gasteiger partial charge on any atom is -0.463 e. The molecule has 12 nitrogen and oxygen atoms in total. The van der Waals surface area contributed by atoms with E-state index >= 15 is 0 Å². The summed E-state index contributed by atoms with van der Waals surface area (Å²) in [7, 11) is 0. The van der Waals surface area contributed by atoms with Crippen LogP contribution in [0.25, 0.3) is 22.3 Å². The highest BCUT2D eigenvalue weighted by atomic mass is 16.6. The predicted octanol–water partition coefficient (Wildman–Crippen LogP) is 7.65. The number of carbonyl (C=O) groups is 4. The number of para-hydroxylation sites is 2. The molecule has 0 aromatic heterocycles. The molecule has 5 aromatic rings. The fourth-order valence-electron chi connectivity index (χ4n) is 6.97. The molecule has 1 aliphatic carbocycles. The standard InChI is InChI=1S/C45H46N6O6/c52-42(31-47-35-22-23-35)48-36-17-11-16-34(30-36)43(53)46-26-29-49-27-24-37(25-28-49)57-45(56)51(41-21-10-8-19-39(41)33-14-5-2-6-15-33)50(44(54)55)40-20-9-7-18-38(40)32-12-3-1-4-13-32/h1-21,30,35,37,47H,22-29,31H2,(H,46,53)(H,48,52)(H,54,55). The Morgan fingerprint density at radius 3 is 1.86 bits per heavy atom. The van der Waals surface area contributed by atoms with Crippen molar-refractivity contribution in [2.45, 2.75) is 37.8 Å². The Bertz CT molecular complexity index is 2170. The Balaban J connectivity index is 1.02. The summed E-state index contributed by atoms with van der Waals surface area (Å²) in [5.41, 5.74) is 4.56. The maximum Gasteiger partial charge on any atom is 0.434 e. The maximum absolute atomic E-state index is 14.5. The molecule has 1 saturated carbocycles. The third-order valence-corrected chi connectivity index (χ3v) is 10.0. The molecule has 0 radical (unpaired) electrons. The van der Waals surface area contributed by atoms with E-state index in [1.807, 2.05) is 84.9 Å². The van der Waals surface area contributed by atoms with Crippen LogP contribution in [0.15, 0.2) is 133 Å². The lowest BCUT2D eigenvalue weighted by molar-refractivity contribution is -0.115. The topological polar surface area (TPSA) is 144 Å². The molecule has 4 amide bonds. The van der Waals surface area contributed by atoms with Crippen LogP contribution in [0.1, 0.15) is 36.0 Å². The van der Waals surface area contributed by atoms with Crippen molar-refractivity contribution in [3.63, 3.8) is 0 Å². The molecule has 0 unspecified atom stereocenters. The van der Waals surface area contributed by atoms with Crippen LogP contribution in [0, 0.1) is 0 Å². The second-order valence-electron chi connectivity index (χ2n) is 14.1. The number of nitrogens with one attached hydrogen (secondary N) is 3. The van der Waals surface area contributed by atoms with Gasteiger partial charge >= 0.3 is 12.2 Å². The number of benzene rings is 5. The Labute approximate surface area is 332 Å². The zero-order valence-electron chi connectivity index (χ0n) is 31.6. The van der Waals surface area contributed by atoms with Gasteiger partial charge in [-0.15, -0.1) is 0 Å². The van der Waals surface area contributed by atoms with Gasteiger partial charge in [-0.25, -0.2) is 9.59 Å². The van der Waals surface area contributed by atoms with Crippen LogP contribution in [-0.2, 0) is 9.53 Å². The summed E-state index contributed by atoms with van der Waals surface area (Å²) >= 11 is 0. The molecule has 4 N–H and O–H groups in total. The van der Waals surface area contributed by atoms with Gasteiger partial charge in [0, 0.05) is 54.6 Å². The lowest BCUT2D eigenvalue weighted by Crippen LogP contribution is -2.52. The van der Waals surface area contributed by atoms with Gasteiger partial charge < -0.3 is 30.7 Å². The Morgan fingerprint density at radius 2 is 1.26 bits per heavy atom. The highest BCUT2D eigenvalue weighted by Crippen LogP contribution is 2.38. The van der Waals surface area contributed by atoms with E-state index in [9.17, 15) is 24.3 Å². The second-order valence-corrected chi connectivity index (χ2v) is 14.1. The zero-order valence-corrected chi connectivity index (χ0v) is 31.6. The number of anilines is 3. The van der Waals surface area contributed by atoms with Gasteiger partial charge in [0.25, 0.3) is 5.91 Å². The fraction of sp³-hybridized carbons (Fsp3) is 0.244. The van der Waals surface area contributed by atoms with Gasteiger partial charge in [-0.3, -0.25) is 9.59 Å². The molecular formula is C45H46N6O6. The maximum atomic E-state index is 14.5. The Kier molecular flexibility index (Phi) is 12.5. The summed E-state index contributed by atoms with van der Waals surface area (Å²) in [6, 6.07) is 40.5. The summed E-state index contributed by atoms with van der Waals surface area (Å²) in [6.45, 7) is 2.47. The van der Waals surface area contributed by atoms with Gasteiger partial charge in [0.1, 0.15) is 6.10 Å². The molecule has 0 spiro atoms. The highest BCUT2D eigenvalue weighted by Gasteiger charge is 2.36. The first-order valence-electron chi connectivity index (χ1n) is 19.3. The van der Waals surface area contributed by atoms with Crippen LogP contribution < -0.4 is 26.0 Å². The summed E-state index contributed by atoms with van der Waals surface area (Å²) < 4.78 is 6.17. The number of ether oxygens (including phenoxy) is 1. The molecule has 12 heteroatoms. The summed E-state index contributed by atoms with van der Waals surface area (Å²) in [6.07, 6.45) is 0.610. The van der Waals surface area contributed by atoms with Crippen molar-refractivity contribution in [2.75, 3.05) is 48.1 Å². The fourth-order valence-corrected chi connectivity index (χ4v) is 6.97. The molecule has 2 aliphatic rings. The number of likely N-dealkylation sites (tertiary alicyclic amines) is 1. The van der Waals surface area contributed by atoms with Crippen molar-refractivity contribution < 1.29 is 29.0 Å². The van der Waals surface area contributed by atoms with Crippen molar-refractivity contribution >= 4 is 41.1 Å². The minimum absolute atomic E-state index is 0.147. The quantitative estimate of drug-likeness (QED) is 0.0896. The molecular weight excluding hydrogens is 721 g/mol. The average Bonchev–Trinajstić information content (AvgIpc) is 4.08. The summed E-state index contributed by atoms with van der Waals surface area (Å²) in [4.78, 5) is 55.2. The van der Waals surface area contributed by atoms with Crippen LogP contribution in [0.4, 0.5) is 26.7 Å². The molecule has 1 heterocycles. The van der Waals surface area contributed by atoms with E-state index in [0.717, 1.165) is 34.0 Å². The van der Waals surface area contributed by atoms with E-state index in [4.69, 9.17) is 4.74 Å². The molecule has 1 aliphatic heterocycles. The van der Waals surface area contributed by atoms with Gasteiger partial charge in [-0.05, 0) is 67.1 Å². The molecule has 0 bridgehead atoms. The van der Waals surface area contributed by atoms with Crippen molar-refractivity contribution in [1.82, 2.24) is 15.5 Å². The molecule has 1 saturated heterocycles. The third-order valence-electron chi connectivity index (χ3n) is 10.0. The van der Waals surface area contributed by atoms with E-state index < -0.39 is 18.3 Å². The van der Waals surface area contributed by atoms with E-state index in [1.165, 1.54) is 0 Å². The van der Waals surface area contributed by atoms with Crippen molar-refractivity contribution in [3.8, 4) is 22.3 Å². The van der Waals surface area contributed by atoms with Crippen LogP contribution in [-0.4, -0.2) is 78.9 Å². The molecule has 2 fully saturated rings. The number of hydrogen-bond acceptors (Lipinski definition) is 7. The first-order valence-corrected chi connectivity index (χ1v) is 19.3. The monoisotopic (exact) mass is 766 g/mol. The number of amides is 4. The average molecular weight is 767 g/mol. The summed E-state index contributed by atoms with van der Waals surface area (Å²) in [5, 5.41) is 22.0. The Hall–Kier alpha value is -6.50. The zero-order chi connectivity index (χ0) is 39.6. The lowest BCUT2D eigenvalue weighted by atomic mass is 10.0. The van der Waals surface area contributed by atoms with Crippen molar-refractivity contribution in [2.24, 2.45) is 0 Å². The number of hydrogen-bond donors (Lipinski definition) is 4. The van der Waals surface area contributed by atoms with E-state index in [2.05, 4.69) is 20.9 Å². The lowest BCUT2D eigenvalue weighted by Gasteiger charge is -2.36. The van der Waals surface area contributed by atoms with Crippen LogP contribution >= 0.6 is 0 Å². The number of piperidine rings is 1. The van der Waals surface area contributed by atoms with Crippen LogP contribution in [0.2, 0.25) is 0 Å². The first-order chi connectivity index (χ1) is 27.8. The SMILES string of the molecule is O=C(CNC1CC1)Nc1cccc(C(=O)NCCN2CCC(OC(=O)N(c3ccccc3-c3ccccc3)N(C(=O)O)c3ccccc3-c3ccccc3)CC2)c1. The van der Waals surface area contributed by atoms with Gasteiger partial charge in [-0.2, -0.15) is 10.0 Å². The molecule has 292 valence electrons. The summed E-state index contributed by atoms with van der Waals surface area (Å²) in [5.74, 6) is -0.385. The number of carboxylic acid groups (broad SMARTS) is 1. The smallest absolute Gasteiger partial charge is 0.434 e. The van der Waals surface area contributed by atoms with Crippen molar-refractivity contribution in [1.29, 1.82) is 0 Å². The highest BCUT2D eigenvalue weighted by molar-refractivity contribution is 6.06. The Morgan fingerprint density at radius 1 is 0.684 bits per heavy atom. The number of nitrogens with zero attached hydrogens (tertiary/aromatic N) is 3. The molecule has 57 heavy (non-hydrogen) atoms. The van der Waals surface area contributed by atoms with Crippen molar-refractivity contribution in [3.05, 3.63) is 139 Å². The van der Waals surface area contributed by atoms with Gasteiger partial charge in [0.15, 0.2) is 0 Å². The second kappa shape index (κ2) is 18.4. The minimum atomic E-state index is -1.35. The van der Waals surface area contributed by atoms with Gasteiger partial charge in [0.05, 0.1) is 17.9 Å². The first kappa shape index (κ1) is 38.8. The third kappa shape index (κ3) is 10.0. The van der Waals surface area contributed by atoms with Crippen LogP contribution in [0.3, 0.4) is 0 Å². The van der Waals surface area contributed by atoms with E-state index in [1.54, 1.807) is 48.5 Å². The molecule has 5 aromatic carbocycles. The number of hydrazine groups is 1. The van der Waals surface area contributed by atoms with Gasteiger partial charge in [0.2, 0.25) is 5.91 Å².